The fourth-order valence-electron chi connectivity index (χ4n) is 5.89. The lowest BCUT2D eigenvalue weighted by molar-refractivity contribution is 0.0535. The molecule has 43 heavy (non-hydrogen) atoms. The lowest BCUT2D eigenvalue weighted by atomic mass is 10.0. The summed E-state index contributed by atoms with van der Waals surface area (Å²) in [6.07, 6.45) is 2.15. The van der Waals surface area contributed by atoms with E-state index in [1.54, 1.807) is 15.9 Å². The van der Waals surface area contributed by atoms with Crippen molar-refractivity contribution >= 4 is 17.5 Å². The van der Waals surface area contributed by atoms with Crippen molar-refractivity contribution in [3.05, 3.63) is 77.0 Å². The molecule has 3 aliphatic rings. The predicted octanol–water partition coefficient (Wildman–Crippen LogP) is 3.08. The zero-order valence-electron chi connectivity index (χ0n) is 24.2. The Kier molecular flexibility index (Phi) is 8.53. The standard InChI is InChI=1S/C32H36F2N6O3/c1-21-14-23(16-25(15-21)38-8-6-35-7-9-38)31(41)39-10-12-40(13-11-39)32(42)24-17-27(22-2-3-28(33)29(34)18-22)30(37-19-24)43-26-4-5-36-20-26/h2-3,14-19,26,35-36H,4-13,20H2,1H3/t26-/m0/s1. The Balaban J connectivity index is 1.16. The number of nitrogens with one attached hydrogen (secondary N) is 2. The normalized spacial score (nSPS) is 19.0. The Bertz CT molecular complexity index is 1500. The minimum absolute atomic E-state index is 0.0441. The predicted molar refractivity (Wildman–Crippen MR) is 160 cm³/mol. The van der Waals surface area contributed by atoms with E-state index in [1.807, 2.05) is 19.1 Å². The van der Waals surface area contributed by atoms with Gasteiger partial charge in [0, 0.05) is 81.9 Å². The second-order valence-electron chi connectivity index (χ2n) is 11.3. The molecule has 2 N–H and O–H groups in total. The highest BCUT2D eigenvalue weighted by atomic mass is 19.2. The van der Waals surface area contributed by atoms with Crippen LogP contribution in [0.3, 0.4) is 0 Å². The Labute approximate surface area is 249 Å². The summed E-state index contributed by atoms with van der Waals surface area (Å²) in [6, 6.07) is 11.2. The van der Waals surface area contributed by atoms with Crippen LogP contribution in [-0.4, -0.2) is 98.1 Å². The average Bonchev–Trinajstić information content (AvgIpc) is 3.55. The van der Waals surface area contributed by atoms with E-state index in [2.05, 4.69) is 26.6 Å². The molecule has 1 atom stereocenters. The number of rotatable bonds is 6. The number of hydrogen-bond acceptors (Lipinski definition) is 7. The number of amides is 2. The van der Waals surface area contributed by atoms with Gasteiger partial charge in [0.1, 0.15) is 6.10 Å². The van der Waals surface area contributed by atoms with Crippen LogP contribution in [-0.2, 0) is 0 Å². The molecular formula is C32H36F2N6O3. The molecule has 11 heteroatoms. The molecule has 6 rings (SSSR count). The van der Waals surface area contributed by atoms with Crippen LogP contribution in [0, 0.1) is 18.6 Å². The molecule has 3 aromatic rings. The molecule has 1 aromatic heterocycles. The second-order valence-corrected chi connectivity index (χ2v) is 11.3. The Morgan fingerprint density at radius 1 is 0.837 bits per heavy atom. The van der Waals surface area contributed by atoms with Crippen LogP contribution in [0.1, 0.15) is 32.7 Å². The molecule has 2 aromatic carbocycles. The minimum Gasteiger partial charge on any atom is -0.473 e. The fraction of sp³-hybridized carbons (Fsp3) is 0.406. The van der Waals surface area contributed by atoms with Crippen LogP contribution in [0.4, 0.5) is 14.5 Å². The summed E-state index contributed by atoms with van der Waals surface area (Å²) >= 11 is 0. The van der Waals surface area contributed by atoms with Gasteiger partial charge in [-0.1, -0.05) is 6.07 Å². The van der Waals surface area contributed by atoms with Gasteiger partial charge in [0.2, 0.25) is 5.88 Å². The number of benzene rings is 2. The number of piperazine rings is 2. The molecule has 3 saturated heterocycles. The van der Waals surface area contributed by atoms with Crippen molar-refractivity contribution in [2.75, 3.05) is 70.3 Å². The number of anilines is 1. The van der Waals surface area contributed by atoms with Crippen molar-refractivity contribution in [1.29, 1.82) is 0 Å². The maximum Gasteiger partial charge on any atom is 0.255 e. The molecule has 0 spiro atoms. The van der Waals surface area contributed by atoms with Crippen LogP contribution in [0.15, 0.2) is 48.7 Å². The van der Waals surface area contributed by atoms with Crippen molar-refractivity contribution < 1.29 is 23.1 Å². The van der Waals surface area contributed by atoms with Gasteiger partial charge in [0.05, 0.1) is 5.56 Å². The minimum atomic E-state index is -0.989. The number of nitrogens with zero attached hydrogens (tertiary/aromatic N) is 4. The lowest BCUT2D eigenvalue weighted by Gasteiger charge is -2.35. The first-order valence-corrected chi connectivity index (χ1v) is 14.8. The van der Waals surface area contributed by atoms with E-state index in [1.165, 1.54) is 12.3 Å². The van der Waals surface area contributed by atoms with E-state index >= 15 is 0 Å². The van der Waals surface area contributed by atoms with Gasteiger partial charge < -0.3 is 30.1 Å². The molecule has 0 bridgehead atoms. The number of aromatic nitrogens is 1. The molecule has 4 heterocycles. The Hall–Kier alpha value is -4.09. The second kappa shape index (κ2) is 12.6. The summed E-state index contributed by atoms with van der Waals surface area (Å²) in [5, 5.41) is 6.58. The summed E-state index contributed by atoms with van der Waals surface area (Å²) in [5.41, 5.74) is 3.85. The van der Waals surface area contributed by atoms with Crippen LogP contribution < -0.4 is 20.3 Å². The summed E-state index contributed by atoms with van der Waals surface area (Å²) in [6.45, 7) is 8.65. The van der Waals surface area contributed by atoms with Gasteiger partial charge in [-0.3, -0.25) is 9.59 Å². The van der Waals surface area contributed by atoms with Crippen LogP contribution in [0.25, 0.3) is 11.1 Å². The van der Waals surface area contributed by atoms with Crippen molar-refractivity contribution in [2.24, 2.45) is 0 Å². The van der Waals surface area contributed by atoms with Crippen molar-refractivity contribution in [3.63, 3.8) is 0 Å². The first kappa shape index (κ1) is 29.0. The molecule has 3 aliphatic heterocycles. The summed E-state index contributed by atoms with van der Waals surface area (Å²) in [5.74, 6) is -1.96. The third-order valence-electron chi connectivity index (χ3n) is 8.27. The van der Waals surface area contributed by atoms with Gasteiger partial charge in [-0.15, -0.1) is 0 Å². The van der Waals surface area contributed by atoms with Gasteiger partial charge in [-0.2, -0.15) is 0 Å². The number of aryl methyl sites for hydroxylation is 1. The number of carbonyl (C=O) groups is 2. The van der Waals surface area contributed by atoms with Gasteiger partial charge in [-0.25, -0.2) is 13.8 Å². The third-order valence-corrected chi connectivity index (χ3v) is 8.27. The number of halogens is 2. The Morgan fingerprint density at radius 3 is 2.23 bits per heavy atom. The van der Waals surface area contributed by atoms with Gasteiger partial charge >= 0.3 is 0 Å². The summed E-state index contributed by atoms with van der Waals surface area (Å²) < 4.78 is 33.9. The number of pyridine rings is 1. The van der Waals surface area contributed by atoms with E-state index in [-0.39, 0.29) is 23.8 Å². The zero-order chi connectivity index (χ0) is 29.9. The van der Waals surface area contributed by atoms with E-state index < -0.39 is 11.6 Å². The highest BCUT2D eigenvalue weighted by Gasteiger charge is 2.28. The molecular weight excluding hydrogens is 554 g/mol. The third kappa shape index (κ3) is 6.47. The number of carbonyl (C=O) groups excluding carboxylic acids is 2. The smallest absolute Gasteiger partial charge is 0.255 e. The van der Waals surface area contributed by atoms with Gasteiger partial charge in [0.25, 0.3) is 11.8 Å². The van der Waals surface area contributed by atoms with E-state index in [4.69, 9.17) is 4.74 Å². The van der Waals surface area contributed by atoms with Gasteiger partial charge in [0.15, 0.2) is 11.6 Å². The number of hydrogen-bond donors (Lipinski definition) is 2. The molecule has 3 fully saturated rings. The summed E-state index contributed by atoms with van der Waals surface area (Å²) in [7, 11) is 0. The SMILES string of the molecule is Cc1cc(C(=O)N2CCN(C(=O)c3cnc(O[C@H]4CCNC4)c(-c4ccc(F)c(F)c4)c3)CC2)cc(N2CCNCC2)c1. The Morgan fingerprint density at radius 2 is 1.56 bits per heavy atom. The van der Waals surface area contributed by atoms with Crippen molar-refractivity contribution in [2.45, 2.75) is 19.4 Å². The van der Waals surface area contributed by atoms with E-state index in [0.717, 1.165) is 62.5 Å². The number of ether oxygens (including phenoxy) is 1. The zero-order valence-corrected chi connectivity index (χ0v) is 24.2. The molecule has 2 amide bonds. The van der Waals surface area contributed by atoms with Crippen LogP contribution in [0.5, 0.6) is 5.88 Å². The largest absolute Gasteiger partial charge is 0.473 e. The molecule has 0 unspecified atom stereocenters. The van der Waals surface area contributed by atoms with Crippen molar-refractivity contribution in [1.82, 2.24) is 25.4 Å². The lowest BCUT2D eigenvalue weighted by Crippen LogP contribution is -2.50. The maximum absolute atomic E-state index is 14.2. The van der Waals surface area contributed by atoms with Gasteiger partial charge in [-0.05, 0) is 67.4 Å². The summed E-state index contributed by atoms with van der Waals surface area (Å²) in [4.78, 5) is 37.2. The average molecular weight is 591 g/mol. The highest BCUT2D eigenvalue weighted by Crippen LogP contribution is 2.32. The first-order chi connectivity index (χ1) is 20.9. The monoisotopic (exact) mass is 590 g/mol. The highest BCUT2D eigenvalue weighted by molar-refractivity contribution is 5.97. The quantitative estimate of drug-likeness (QED) is 0.456. The molecule has 0 aliphatic carbocycles. The molecule has 0 saturated carbocycles. The fourth-order valence-corrected chi connectivity index (χ4v) is 5.89. The molecule has 9 nitrogen and oxygen atoms in total. The topological polar surface area (TPSA) is 90.0 Å². The van der Waals surface area contributed by atoms with E-state index in [0.29, 0.717) is 55.0 Å². The molecule has 226 valence electrons. The van der Waals surface area contributed by atoms with E-state index in [9.17, 15) is 18.4 Å². The van der Waals surface area contributed by atoms with Crippen LogP contribution in [0.2, 0.25) is 0 Å². The van der Waals surface area contributed by atoms with Crippen LogP contribution >= 0.6 is 0 Å². The van der Waals surface area contributed by atoms with Crippen molar-refractivity contribution in [3.8, 4) is 17.0 Å². The first-order valence-electron chi connectivity index (χ1n) is 14.8. The maximum atomic E-state index is 14.2. The molecule has 0 radical (unpaired) electrons.